The van der Waals surface area contributed by atoms with Gasteiger partial charge < -0.3 is 14.4 Å². The predicted octanol–water partition coefficient (Wildman–Crippen LogP) is 4.95. The minimum Gasteiger partial charge on any atom is -0.371 e. The fraction of sp³-hybridized carbons (Fsp3) is 0.448. The van der Waals surface area contributed by atoms with Crippen molar-refractivity contribution < 1.29 is 14.3 Å². The number of nitriles is 1. The molecule has 0 radical (unpaired) electrons. The van der Waals surface area contributed by atoms with Gasteiger partial charge in [0.2, 0.25) is 0 Å². The van der Waals surface area contributed by atoms with Crippen molar-refractivity contribution in [3.8, 4) is 6.07 Å². The molecule has 0 unspecified atom stereocenters. The number of carbonyl (C=O) groups is 1. The van der Waals surface area contributed by atoms with Crippen molar-refractivity contribution in [1.29, 1.82) is 5.26 Å². The number of fused-ring (bicyclic) bond motifs is 3. The molecule has 5 nitrogen and oxygen atoms in total. The molecule has 174 valence electrons. The van der Waals surface area contributed by atoms with Crippen LogP contribution >= 0.6 is 0 Å². The molecular formula is C29H30N2O3. The molecule has 2 saturated heterocycles. The molecule has 6 rings (SSSR count). The van der Waals surface area contributed by atoms with E-state index in [2.05, 4.69) is 43.9 Å². The lowest BCUT2D eigenvalue weighted by atomic mass is 9.68. The van der Waals surface area contributed by atoms with Crippen molar-refractivity contribution in [3.05, 3.63) is 69.3 Å². The first-order chi connectivity index (χ1) is 16.4. The summed E-state index contributed by atoms with van der Waals surface area (Å²) in [6.45, 7) is 9.79. The van der Waals surface area contributed by atoms with Crippen LogP contribution in [0.15, 0.2) is 35.9 Å². The van der Waals surface area contributed by atoms with Crippen molar-refractivity contribution in [3.63, 3.8) is 0 Å². The summed E-state index contributed by atoms with van der Waals surface area (Å²) in [6, 6.07) is 12.4. The van der Waals surface area contributed by atoms with Crippen molar-refractivity contribution in [2.24, 2.45) is 0 Å². The van der Waals surface area contributed by atoms with Gasteiger partial charge in [0.25, 0.3) is 0 Å². The Morgan fingerprint density at radius 3 is 2.47 bits per heavy atom. The summed E-state index contributed by atoms with van der Waals surface area (Å²) in [5, 5.41) is 9.35. The van der Waals surface area contributed by atoms with Gasteiger partial charge in [-0.1, -0.05) is 26.8 Å². The van der Waals surface area contributed by atoms with Crippen LogP contribution in [-0.4, -0.2) is 37.9 Å². The van der Waals surface area contributed by atoms with Gasteiger partial charge in [-0.05, 0) is 64.9 Å². The third-order valence-electron chi connectivity index (χ3n) is 8.35. The van der Waals surface area contributed by atoms with Gasteiger partial charge in [0.15, 0.2) is 11.6 Å². The van der Waals surface area contributed by atoms with Crippen molar-refractivity contribution in [2.45, 2.75) is 57.7 Å². The first-order valence-corrected chi connectivity index (χ1v) is 12.4. The van der Waals surface area contributed by atoms with Gasteiger partial charge in [-0.3, -0.25) is 4.79 Å². The van der Waals surface area contributed by atoms with Crippen LogP contribution in [-0.2, 0) is 27.7 Å². The van der Waals surface area contributed by atoms with E-state index in [-0.39, 0.29) is 11.2 Å². The Morgan fingerprint density at radius 2 is 1.79 bits per heavy atom. The van der Waals surface area contributed by atoms with Gasteiger partial charge >= 0.3 is 0 Å². The molecule has 0 atom stereocenters. The van der Waals surface area contributed by atoms with Gasteiger partial charge in [-0.25, -0.2) is 0 Å². The van der Waals surface area contributed by atoms with E-state index in [9.17, 15) is 10.1 Å². The third-order valence-corrected chi connectivity index (χ3v) is 8.35. The molecule has 2 aliphatic heterocycles. The highest BCUT2D eigenvalue weighted by molar-refractivity contribution is 6.33. The highest BCUT2D eigenvalue weighted by Gasteiger charge is 2.44. The zero-order valence-corrected chi connectivity index (χ0v) is 20.2. The maximum absolute atomic E-state index is 13.9. The zero-order valence-electron chi connectivity index (χ0n) is 20.2. The number of rotatable bonds is 2. The molecule has 2 fully saturated rings. The lowest BCUT2D eigenvalue weighted by molar-refractivity contribution is -0.169. The molecular weight excluding hydrogens is 424 g/mol. The highest BCUT2D eigenvalue weighted by atomic mass is 16.7. The normalized spacial score (nSPS) is 21.9. The summed E-state index contributed by atoms with van der Waals surface area (Å²) in [6.07, 6.45) is 3.33. The second-order valence-electron chi connectivity index (χ2n) is 10.4. The Balaban J connectivity index is 1.40. The van der Waals surface area contributed by atoms with Gasteiger partial charge in [-0.15, -0.1) is 0 Å². The van der Waals surface area contributed by atoms with Crippen molar-refractivity contribution in [2.75, 3.05) is 31.2 Å². The smallest absolute Gasteiger partial charge is 0.193 e. The topological polar surface area (TPSA) is 62.6 Å². The van der Waals surface area contributed by atoms with Crippen LogP contribution in [0.5, 0.6) is 0 Å². The van der Waals surface area contributed by atoms with E-state index in [1.165, 1.54) is 16.8 Å². The van der Waals surface area contributed by atoms with Crippen LogP contribution in [0.25, 0.3) is 5.57 Å². The van der Waals surface area contributed by atoms with E-state index < -0.39 is 5.79 Å². The summed E-state index contributed by atoms with van der Waals surface area (Å²) >= 11 is 0. The lowest BCUT2D eigenvalue weighted by Gasteiger charge is -2.41. The summed E-state index contributed by atoms with van der Waals surface area (Å²) in [5.41, 5.74) is 8.90. The Morgan fingerprint density at radius 1 is 1.06 bits per heavy atom. The molecule has 5 heteroatoms. The number of ether oxygens (including phenoxy) is 2. The number of benzene rings is 2. The number of piperidine rings is 1. The Labute approximate surface area is 201 Å². The van der Waals surface area contributed by atoms with E-state index in [4.69, 9.17) is 9.47 Å². The SMILES string of the molecule is CCc1cc2c(cc1N1CCC3(CC1)OCCO3)C(C)(C)C1=C(C2=O)c2ccc(C#N)cc2C1. The molecule has 0 aromatic heterocycles. The molecule has 0 amide bonds. The molecule has 1 spiro atoms. The van der Waals surface area contributed by atoms with Crippen LogP contribution in [0.1, 0.15) is 71.8 Å². The Hall–Kier alpha value is -2.94. The van der Waals surface area contributed by atoms with Crippen molar-refractivity contribution >= 4 is 17.0 Å². The monoisotopic (exact) mass is 454 g/mol. The van der Waals surface area contributed by atoms with E-state index in [1.807, 2.05) is 18.2 Å². The van der Waals surface area contributed by atoms with Crippen LogP contribution in [0.4, 0.5) is 5.69 Å². The van der Waals surface area contributed by atoms with Crippen LogP contribution in [0.2, 0.25) is 0 Å². The zero-order chi connectivity index (χ0) is 23.7. The fourth-order valence-electron chi connectivity index (χ4n) is 6.37. The van der Waals surface area contributed by atoms with Gasteiger partial charge in [0.1, 0.15) is 0 Å². The molecule has 4 aliphatic rings. The second kappa shape index (κ2) is 7.53. The average Bonchev–Trinajstić information content (AvgIpc) is 3.47. The summed E-state index contributed by atoms with van der Waals surface area (Å²) in [7, 11) is 0. The number of allylic oxidation sites excluding steroid dienone is 2. The van der Waals surface area contributed by atoms with Gasteiger partial charge in [0.05, 0.1) is 24.8 Å². The quantitative estimate of drug-likeness (QED) is 0.643. The van der Waals surface area contributed by atoms with Gasteiger partial charge in [0, 0.05) is 48.2 Å². The summed E-state index contributed by atoms with van der Waals surface area (Å²) in [4.78, 5) is 16.3. The Kier molecular flexibility index (Phi) is 4.78. The highest BCUT2D eigenvalue weighted by Crippen LogP contribution is 2.51. The fourth-order valence-corrected chi connectivity index (χ4v) is 6.37. The molecule has 2 aliphatic carbocycles. The number of Topliss-reactive ketones (excluding diaryl/α,β-unsaturated/α-hetero) is 1. The van der Waals surface area contributed by atoms with E-state index in [0.717, 1.165) is 66.6 Å². The number of carbonyl (C=O) groups excluding carboxylic acids is 1. The van der Waals surface area contributed by atoms with E-state index >= 15 is 0 Å². The minimum absolute atomic E-state index is 0.124. The average molecular weight is 455 g/mol. The van der Waals surface area contributed by atoms with Crippen LogP contribution in [0.3, 0.4) is 0 Å². The molecule has 0 bridgehead atoms. The van der Waals surface area contributed by atoms with Gasteiger partial charge in [-0.2, -0.15) is 5.26 Å². The Bertz CT molecular complexity index is 1280. The van der Waals surface area contributed by atoms with E-state index in [1.54, 1.807) is 0 Å². The lowest BCUT2D eigenvalue weighted by Crippen LogP contribution is -2.45. The molecule has 2 aromatic rings. The number of aryl methyl sites for hydroxylation is 1. The maximum atomic E-state index is 13.9. The first-order valence-electron chi connectivity index (χ1n) is 12.4. The number of nitrogens with zero attached hydrogens (tertiary/aromatic N) is 2. The molecule has 34 heavy (non-hydrogen) atoms. The second-order valence-corrected chi connectivity index (χ2v) is 10.4. The summed E-state index contributed by atoms with van der Waals surface area (Å²) in [5.74, 6) is -0.274. The third kappa shape index (κ3) is 3.02. The minimum atomic E-state index is -0.399. The number of hydrogen-bond donors (Lipinski definition) is 0. The first kappa shape index (κ1) is 21.6. The van der Waals surface area contributed by atoms with Crippen LogP contribution in [0, 0.1) is 11.3 Å². The predicted molar refractivity (Wildman–Crippen MR) is 131 cm³/mol. The molecule has 2 aromatic carbocycles. The van der Waals surface area contributed by atoms with E-state index in [0.29, 0.717) is 18.8 Å². The molecule has 0 N–H and O–H groups in total. The molecule has 2 heterocycles. The largest absolute Gasteiger partial charge is 0.371 e. The number of hydrogen-bond acceptors (Lipinski definition) is 5. The maximum Gasteiger partial charge on any atom is 0.193 e. The van der Waals surface area contributed by atoms with Crippen molar-refractivity contribution in [1.82, 2.24) is 0 Å². The standard InChI is InChI=1S/C29H30N2O3/c1-4-19-14-22-23(16-25(19)31-9-7-29(8-10-31)33-11-12-34-29)28(2,3)24-15-20-13-18(17-30)5-6-21(20)26(24)27(22)32/h5-6,13-14,16H,4,7-12,15H2,1-3H3. The molecule has 0 saturated carbocycles. The number of anilines is 1. The number of ketones is 1. The summed E-state index contributed by atoms with van der Waals surface area (Å²) < 4.78 is 11.9. The van der Waals surface area contributed by atoms with Crippen LogP contribution < -0.4 is 4.90 Å².